The van der Waals surface area contributed by atoms with E-state index in [0.717, 1.165) is 53.8 Å². The Hall–Kier alpha value is -2.41. The summed E-state index contributed by atoms with van der Waals surface area (Å²) in [5.41, 5.74) is 4.72. The van der Waals surface area contributed by atoms with Gasteiger partial charge in [-0.1, -0.05) is 30.3 Å². The molecule has 2 aromatic carbocycles. The van der Waals surface area contributed by atoms with Crippen molar-refractivity contribution >= 4 is 17.0 Å². The molecule has 1 fully saturated rings. The van der Waals surface area contributed by atoms with Gasteiger partial charge in [-0.15, -0.1) is 11.3 Å². The normalized spacial score (nSPS) is 18.7. The second-order valence-electron chi connectivity index (χ2n) is 8.10. The van der Waals surface area contributed by atoms with Crippen LogP contribution in [0.25, 0.3) is 0 Å². The van der Waals surface area contributed by atoms with Crippen LogP contribution in [0.15, 0.2) is 48.5 Å². The molecule has 2 atom stereocenters. The highest BCUT2D eigenvalue weighted by Crippen LogP contribution is 2.27. The molecule has 1 aliphatic rings. The fraction of sp³-hybridized carbons (Fsp3) is 0.400. The van der Waals surface area contributed by atoms with Gasteiger partial charge in [-0.3, -0.25) is 0 Å². The Morgan fingerprint density at radius 3 is 2.71 bits per heavy atom. The van der Waals surface area contributed by atoms with Gasteiger partial charge in [0.2, 0.25) is 0 Å². The van der Waals surface area contributed by atoms with Crippen molar-refractivity contribution in [2.75, 3.05) is 19.0 Å². The van der Waals surface area contributed by atoms with E-state index >= 15 is 0 Å². The highest BCUT2D eigenvalue weighted by molar-refractivity contribution is 7.11. The third-order valence-corrected chi connectivity index (χ3v) is 7.04. The molecule has 6 heteroatoms. The van der Waals surface area contributed by atoms with E-state index in [4.69, 9.17) is 4.74 Å². The van der Waals surface area contributed by atoms with Crippen LogP contribution in [0, 0.1) is 13.8 Å². The number of hydrogen-bond acceptors (Lipinski definition) is 6. The summed E-state index contributed by atoms with van der Waals surface area (Å²) < 4.78 is 5.64. The van der Waals surface area contributed by atoms with Crippen LogP contribution < -0.4 is 20.7 Å². The predicted octanol–water partition coefficient (Wildman–Crippen LogP) is 4.96. The minimum Gasteiger partial charge on any atom is -0.496 e. The number of methoxy groups -OCH3 is 1. The smallest absolute Gasteiger partial charge is 0.123 e. The van der Waals surface area contributed by atoms with Gasteiger partial charge in [-0.25, -0.2) is 4.98 Å². The maximum atomic E-state index is 5.64. The van der Waals surface area contributed by atoms with Gasteiger partial charge in [0.1, 0.15) is 10.8 Å². The molecule has 0 aliphatic carbocycles. The van der Waals surface area contributed by atoms with Crippen LogP contribution in [0.3, 0.4) is 0 Å². The van der Waals surface area contributed by atoms with E-state index in [-0.39, 0.29) is 0 Å². The maximum absolute atomic E-state index is 5.64. The summed E-state index contributed by atoms with van der Waals surface area (Å²) in [6, 6.07) is 17.8. The molecule has 31 heavy (non-hydrogen) atoms. The van der Waals surface area contributed by atoms with Crippen molar-refractivity contribution in [1.29, 1.82) is 0 Å². The first kappa shape index (κ1) is 21.8. The van der Waals surface area contributed by atoms with E-state index in [1.165, 1.54) is 16.9 Å². The van der Waals surface area contributed by atoms with Crippen molar-refractivity contribution < 1.29 is 4.74 Å². The average molecular weight is 437 g/mol. The van der Waals surface area contributed by atoms with Crippen LogP contribution in [0.5, 0.6) is 5.75 Å². The number of nitrogens with zero attached hydrogens (tertiary/aromatic N) is 1. The van der Waals surface area contributed by atoms with Gasteiger partial charge in [0, 0.05) is 34.8 Å². The van der Waals surface area contributed by atoms with Crippen LogP contribution in [-0.2, 0) is 13.1 Å². The molecule has 4 rings (SSSR count). The number of anilines is 1. The quantitative estimate of drug-likeness (QED) is 0.466. The number of aromatic nitrogens is 1. The second kappa shape index (κ2) is 10.3. The number of nitrogens with one attached hydrogen (secondary N) is 3. The highest BCUT2D eigenvalue weighted by Gasteiger charge is 2.25. The first-order valence-corrected chi connectivity index (χ1v) is 11.8. The number of ether oxygens (including phenoxy) is 1. The van der Waals surface area contributed by atoms with Gasteiger partial charge >= 0.3 is 0 Å². The van der Waals surface area contributed by atoms with Crippen molar-refractivity contribution in [3.05, 3.63) is 75.2 Å². The summed E-state index contributed by atoms with van der Waals surface area (Å²) in [7, 11) is 1.74. The van der Waals surface area contributed by atoms with Gasteiger partial charge < -0.3 is 20.7 Å². The Kier molecular flexibility index (Phi) is 7.22. The van der Waals surface area contributed by atoms with Crippen molar-refractivity contribution in [2.45, 2.75) is 51.9 Å². The second-order valence-corrected chi connectivity index (χ2v) is 9.39. The van der Waals surface area contributed by atoms with Gasteiger partial charge in [0.05, 0.1) is 19.3 Å². The Balaban J connectivity index is 1.43. The lowest BCUT2D eigenvalue weighted by Crippen LogP contribution is -2.45. The fourth-order valence-electron chi connectivity index (χ4n) is 4.18. The van der Waals surface area contributed by atoms with E-state index in [0.29, 0.717) is 12.1 Å². The Morgan fingerprint density at radius 1 is 1.13 bits per heavy atom. The largest absolute Gasteiger partial charge is 0.496 e. The minimum absolute atomic E-state index is 0.332. The molecular formula is C25H32N4OS. The standard InChI is InChI=1S/C25H32N4OS/c1-17-18(2)31-24(29-17)16-27-21-11-12-23(30-3)20(14-21)15-28-22-10-7-13-26-25(22)19-8-5-4-6-9-19/h4-6,8-9,11-12,14,22,25-28H,7,10,13,15-16H2,1-3H3. The maximum Gasteiger partial charge on any atom is 0.123 e. The lowest BCUT2D eigenvalue weighted by Gasteiger charge is -2.34. The van der Waals surface area contributed by atoms with Crippen molar-refractivity contribution in [3.63, 3.8) is 0 Å². The summed E-state index contributed by atoms with van der Waals surface area (Å²) >= 11 is 1.76. The minimum atomic E-state index is 0.332. The number of benzene rings is 2. The van der Waals surface area contributed by atoms with Gasteiger partial charge in [-0.2, -0.15) is 0 Å². The molecule has 2 heterocycles. The van der Waals surface area contributed by atoms with Gasteiger partial charge in [0.15, 0.2) is 0 Å². The molecule has 5 nitrogen and oxygen atoms in total. The molecule has 2 unspecified atom stereocenters. The monoisotopic (exact) mass is 436 g/mol. The lowest BCUT2D eigenvalue weighted by atomic mass is 9.92. The first-order chi connectivity index (χ1) is 15.1. The number of hydrogen-bond donors (Lipinski definition) is 3. The van der Waals surface area contributed by atoms with Crippen molar-refractivity contribution in [1.82, 2.24) is 15.6 Å². The van der Waals surface area contributed by atoms with E-state index in [9.17, 15) is 0 Å². The van der Waals surface area contributed by atoms with Crippen LogP contribution in [0.1, 0.15) is 45.6 Å². The molecule has 0 radical (unpaired) electrons. The summed E-state index contributed by atoms with van der Waals surface area (Å²) in [4.78, 5) is 5.91. The Bertz CT molecular complexity index is 969. The van der Waals surface area contributed by atoms with E-state index < -0.39 is 0 Å². The highest BCUT2D eigenvalue weighted by atomic mass is 32.1. The van der Waals surface area contributed by atoms with E-state index in [1.807, 2.05) is 6.07 Å². The number of aryl methyl sites for hydroxylation is 2. The molecule has 0 bridgehead atoms. The van der Waals surface area contributed by atoms with Crippen molar-refractivity contribution in [2.24, 2.45) is 0 Å². The average Bonchev–Trinajstić information content (AvgIpc) is 3.14. The molecule has 1 saturated heterocycles. The third-order valence-electron chi connectivity index (χ3n) is 5.97. The summed E-state index contributed by atoms with van der Waals surface area (Å²) in [6.45, 7) is 6.76. The van der Waals surface area contributed by atoms with Crippen molar-refractivity contribution in [3.8, 4) is 5.75 Å². The number of thiazole rings is 1. The van der Waals surface area contributed by atoms with Gasteiger partial charge in [0.25, 0.3) is 0 Å². The topological polar surface area (TPSA) is 58.2 Å². The molecule has 0 amide bonds. The Morgan fingerprint density at radius 2 is 1.97 bits per heavy atom. The fourth-order valence-corrected chi connectivity index (χ4v) is 5.05. The summed E-state index contributed by atoms with van der Waals surface area (Å²) in [5, 5.41) is 12.1. The molecule has 3 N–H and O–H groups in total. The van der Waals surface area contributed by atoms with Gasteiger partial charge in [-0.05, 0) is 57.0 Å². The number of rotatable bonds is 8. The predicted molar refractivity (Wildman–Crippen MR) is 129 cm³/mol. The molecule has 164 valence electrons. The zero-order chi connectivity index (χ0) is 21.6. The number of piperidine rings is 1. The van der Waals surface area contributed by atoms with Crippen LogP contribution in [-0.4, -0.2) is 24.7 Å². The summed E-state index contributed by atoms with van der Waals surface area (Å²) in [5.74, 6) is 0.916. The SMILES string of the molecule is COc1ccc(NCc2nc(C)c(C)s2)cc1CNC1CCCNC1c1ccccc1. The molecule has 1 aromatic heterocycles. The zero-order valence-electron chi connectivity index (χ0n) is 18.6. The first-order valence-electron chi connectivity index (χ1n) is 11.0. The molecule has 1 aliphatic heterocycles. The van der Waals surface area contributed by atoms with Crippen LogP contribution in [0.2, 0.25) is 0 Å². The van der Waals surface area contributed by atoms with Crippen LogP contribution in [0.4, 0.5) is 5.69 Å². The Labute approximate surface area is 189 Å². The zero-order valence-corrected chi connectivity index (χ0v) is 19.4. The molecule has 3 aromatic rings. The lowest BCUT2D eigenvalue weighted by molar-refractivity contribution is 0.303. The molecule has 0 spiro atoms. The molecule has 0 saturated carbocycles. The van der Waals surface area contributed by atoms with E-state index in [1.54, 1.807) is 18.4 Å². The van der Waals surface area contributed by atoms with E-state index in [2.05, 4.69) is 77.2 Å². The summed E-state index contributed by atoms with van der Waals surface area (Å²) in [6.07, 6.45) is 2.35. The third kappa shape index (κ3) is 5.45. The van der Waals surface area contributed by atoms with Crippen LogP contribution >= 0.6 is 11.3 Å². The molecular weight excluding hydrogens is 404 g/mol.